The van der Waals surface area contributed by atoms with Crippen molar-refractivity contribution in [1.82, 2.24) is 20.2 Å². The van der Waals surface area contributed by atoms with E-state index in [2.05, 4.69) is 25.5 Å². The molecule has 3 aromatic rings. The van der Waals surface area contributed by atoms with E-state index >= 15 is 0 Å². The number of carbonyl (C=O) groups excluding carboxylic acids is 1. The van der Waals surface area contributed by atoms with Gasteiger partial charge in [0.25, 0.3) is 5.91 Å². The van der Waals surface area contributed by atoms with Gasteiger partial charge in [0.1, 0.15) is 16.1 Å². The SMILES string of the molecule is Cc1nc(-c2cccc(NC(=O)c3cc(Cl)nc(Cl)c3)c2)n[nH]1. The molecule has 0 saturated heterocycles. The Bertz CT molecular complexity index is 858. The molecule has 0 aliphatic heterocycles. The van der Waals surface area contributed by atoms with E-state index in [1.54, 1.807) is 12.1 Å². The molecule has 116 valence electrons. The highest BCUT2D eigenvalue weighted by molar-refractivity contribution is 6.33. The first-order valence-corrected chi connectivity index (χ1v) is 7.41. The van der Waals surface area contributed by atoms with Crippen LogP contribution in [0.25, 0.3) is 11.4 Å². The van der Waals surface area contributed by atoms with Crippen LogP contribution in [0.15, 0.2) is 36.4 Å². The lowest BCUT2D eigenvalue weighted by molar-refractivity contribution is 0.102. The van der Waals surface area contributed by atoms with Crippen LogP contribution in [0.1, 0.15) is 16.2 Å². The third-order valence-electron chi connectivity index (χ3n) is 3.00. The number of aromatic nitrogens is 4. The van der Waals surface area contributed by atoms with E-state index in [4.69, 9.17) is 23.2 Å². The fourth-order valence-electron chi connectivity index (χ4n) is 2.01. The number of benzene rings is 1. The van der Waals surface area contributed by atoms with Crippen LogP contribution in [-0.2, 0) is 0 Å². The number of rotatable bonds is 3. The van der Waals surface area contributed by atoms with Crippen molar-refractivity contribution in [2.75, 3.05) is 5.32 Å². The maximum absolute atomic E-state index is 12.3. The van der Waals surface area contributed by atoms with Gasteiger partial charge in [-0.2, -0.15) is 5.10 Å². The smallest absolute Gasteiger partial charge is 0.255 e. The summed E-state index contributed by atoms with van der Waals surface area (Å²) in [4.78, 5) is 20.3. The molecule has 2 aromatic heterocycles. The van der Waals surface area contributed by atoms with Gasteiger partial charge in [0.05, 0.1) is 0 Å². The van der Waals surface area contributed by atoms with Crippen molar-refractivity contribution < 1.29 is 4.79 Å². The fourth-order valence-corrected chi connectivity index (χ4v) is 2.47. The van der Waals surface area contributed by atoms with Crippen molar-refractivity contribution in [1.29, 1.82) is 0 Å². The predicted octanol–water partition coefficient (Wildman–Crippen LogP) is 3.73. The molecule has 0 aliphatic rings. The average Bonchev–Trinajstić information content (AvgIpc) is 2.93. The lowest BCUT2D eigenvalue weighted by Crippen LogP contribution is -2.12. The summed E-state index contributed by atoms with van der Waals surface area (Å²) in [7, 11) is 0. The van der Waals surface area contributed by atoms with E-state index in [1.807, 2.05) is 19.1 Å². The van der Waals surface area contributed by atoms with Gasteiger partial charge in [-0.25, -0.2) is 9.97 Å². The summed E-state index contributed by atoms with van der Waals surface area (Å²) in [6, 6.07) is 10.1. The molecular formula is C15H11Cl2N5O. The van der Waals surface area contributed by atoms with E-state index in [-0.39, 0.29) is 16.2 Å². The highest BCUT2D eigenvalue weighted by Crippen LogP contribution is 2.21. The second-order valence-electron chi connectivity index (χ2n) is 4.78. The standard InChI is InChI=1S/C15H11Cl2N5O/c1-8-18-14(22-21-8)9-3-2-4-11(5-9)19-15(23)10-6-12(16)20-13(17)7-10/h2-7H,1H3,(H,19,23)(H,18,21,22). The molecule has 23 heavy (non-hydrogen) atoms. The molecule has 0 saturated carbocycles. The second kappa shape index (κ2) is 6.36. The number of nitrogens with one attached hydrogen (secondary N) is 2. The maximum Gasteiger partial charge on any atom is 0.255 e. The predicted molar refractivity (Wildman–Crippen MR) is 88.8 cm³/mol. The highest BCUT2D eigenvalue weighted by Gasteiger charge is 2.10. The van der Waals surface area contributed by atoms with Crippen LogP contribution in [0.2, 0.25) is 10.3 Å². The zero-order valence-electron chi connectivity index (χ0n) is 12.0. The first-order chi connectivity index (χ1) is 11.0. The van der Waals surface area contributed by atoms with Gasteiger partial charge in [-0.1, -0.05) is 35.3 Å². The number of nitrogens with zero attached hydrogens (tertiary/aromatic N) is 3. The summed E-state index contributed by atoms with van der Waals surface area (Å²) >= 11 is 11.6. The zero-order valence-corrected chi connectivity index (χ0v) is 13.5. The van der Waals surface area contributed by atoms with E-state index in [0.29, 0.717) is 17.1 Å². The number of halogens is 2. The summed E-state index contributed by atoms with van der Waals surface area (Å²) in [5.74, 6) is 0.948. The van der Waals surface area contributed by atoms with Crippen LogP contribution in [0.5, 0.6) is 0 Å². The first-order valence-electron chi connectivity index (χ1n) is 6.65. The lowest BCUT2D eigenvalue weighted by atomic mass is 10.2. The van der Waals surface area contributed by atoms with E-state index in [1.165, 1.54) is 12.1 Å². The van der Waals surface area contributed by atoms with Crippen LogP contribution >= 0.6 is 23.2 Å². The Morgan fingerprint density at radius 3 is 2.52 bits per heavy atom. The molecule has 0 atom stereocenters. The lowest BCUT2D eigenvalue weighted by Gasteiger charge is -2.07. The molecule has 2 heterocycles. The molecule has 0 aliphatic carbocycles. The molecule has 8 heteroatoms. The molecule has 1 aromatic carbocycles. The summed E-state index contributed by atoms with van der Waals surface area (Å²) in [6.07, 6.45) is 0. The summed E-state index contributed by atoms with van der Waals surface area (Å²) in [5.41, 5.74) is 1.73. The number of amides is 1. The van der Waals surface area contributed by atoms with Crippen LogP contribution in [-0.4, -0.2) is 26.1 Å². The molecule has 0 spiro atoms. The van der Waals surface area contributed by atoms with Gasteiger partial charge in [0.15, 0.2) is 5.82 Å². The van der Waals surface area contributed by atoms with Gasteiger partial charge in [-0.3, -0.25) is 9.89 Å². The summed E-state index contributed by atoms with van der Waals surface area (Å²) < 4.78 is 0. The number of aromatic amines is 1. The van der Waals surface area contributed by atoms with Crippen LogP contribution in [0, 0.1) is 6.92 Å². The normalized spacial score (nSPS) is 10.6. The van der Waals surface area contributed by atoms with Gasteiger partial charge in [0.2, 0.25) is 0 Å². The average molecular weight is 348 g/mol. The molecule has 0 bridgehead atoms. The van der Waals surface area contributed by atoms with Crippen molar-refractivity contribution >= 4 is 34.8 Å². The molecule has 6 nitrogen and oxygen atoms in total. The topological polar surface area (TPSA) is 83.6 Å². The van der Waals surface area contributed by atoms with Crippen molar-refractivity contribution in [2.24, 2.45) is 0 Å². The largest absolute Gasteiger partial charge is 0.322 e. The van der Waals surface area contributed by atoms with Gasteiger partial charge in [-0.05, 0) is 31.2 Å². The van der Waals surface area contributed by atoms with Crippen molar-refractivity contribution in [3.63, 3.8) is 0 Å². The number of hydrogen-bond acceptors (Lipinski definition) is 4. The minimum atomic E-state index is -0.334. The Balaban J connectivity index is 1.84. The third kappa shape index (κ3) is 3.67. The zero-order chi connectivity index (χ0) is 16.4. The van der Waals surface area contributed by atoms with Crippen LogP contribution in [0.3, 0.4) is 0 Å². The van der Waals surface area contributed by atoms with Crippen LogP contribution in [0.4, 0.5) is 5.69 Å². The van der Waals surface area contributed by atoms with Crippen LogP contribution < -0.4 is 5.32 Å². The Kier molecular flexibility index (Phi) is 4.27. The van der Waals surface area contributed by atoms with E-state index in [9.17, 15) is 4.79 Å². The van der Waals surface area contributed by atoms with Crippen molar-refractivity contribution in [2.45, 2.75) is 6.92 Å². The molecule has 0 fully saturated rings. The Morgan fingerprint density at radius 1 is 1.13 bits per heavy atom. The van der Waals surface area contributed by atoms with E-state index in [0.717, 1.165) is 11.4 Å². The number of pyridine rings is 1. The number of H-pyrrole nitrogens is 1. The van der Waals surface area contributed by atoms with Gasteiger partial charge < -0.3 is 5.32 Å². The van der Waals surface area contributed by atoms with Crippen molar-refractivity contribution in [3.8, 4) is 11.4 Å². The number of hydrogen-bond donors (Lipinski definition) is 2. The highest BCUT2D eigenvalue weighted by atomic mass is 35.5. The number of aryl methyl sites for hydroxylation is 1. The van der Waals surface area contributed by atoms with Crippen molar-refractivity contribution in [3.05, 3.63) is 58.1 Å². The first kappa shape index (κ1) is 15.5. The molecule has 2 N–H and O–H groups in total. The summed E-state index contributed by atoms with van der Waals surface area (Å²) in [6.45, 7) is 1.82. The fraction of sp³-hybridized carbons (Fsp3) is 0.0667. The molecule has 1 amide bonds. The molecule has 0 unspecified atom stereocenters. The molecule has 3 rings (SSSR count). The number of anilines is 1. The Labute approximate surface area is 141 Å². The Morgan fingerprint density at radius 2 is 1.87 bits per heavy atom. The minimum absolute atomic E-state index is 0.160. The third-order valence-corrected chi connectivity index (χ3v) is 3.39. The summed E-state index contributed by atoms with van der Waals surface area (Å²) in [5, 5.41) is 9.98. The molecule has 0 radical (unpaired) electrons. The van der Waals surface area contributed by atoms with Gasteiger partial charge in [-0.15, -0.1) is 0 Å². The van der Waals surface area contributed by atoms with E-state index < -0.39 is 0 Å². The second-order valence-corrected chi connectivity index (χ2v) is 5.56. The van der Waals surface area contributed by atoms with Gasteiger partial charge in [0, 0.05) is 16.8 Å². The Hall–Kier alpha value is -2.44. The minimum Gasteiger partial charge on any atom is -0.322 e. The van der Waals surface area contributed by atoms with Gasteiger partial charge >= 0.3 is 0 Å². The maximum atomic E-state index is 12.3. The number of carbonyl (C=O) groups is 1. The monoisotopic (exact) mass is 347 g/mol. The molecular weight excluding hydrogens is 337 g/mol. The quantitative estimate of drug-likeness (QED) is 0.707.